The van der Waals surface area contributed by atoms with Crippen molar-refractivity contribution in [1.29, 1.82) is 0 Å². The van der Waals surface area contributed by atoms with Crippen molar-refractivity contribution in [3.8, 4) is 120 Å². The van der Waals surface area contributed by atoms with Gasteiger partial charge in [0.25, 0.3) is 0 Å². The first-order valence-electron chi connectivity index (χ1n) is 43.9. The second kappa shape index (κ2) is 32.0. The van der Waals surface area contributed by atoms with E-state index >= 15 is 0 Å². The first-order valence-corrected chi connectivity index (χ1v) is 43.9. The Morgan fingerprint density at radius 1 is 0.152 bits per heavy atom. The van der Waals surface area contributed by atoms with Crippen LogP contribution in [0.15, 0.2) is 450 Å². The lowest BCUT2D eigenvalue weighted by atomic mass is 10.1. The van der Waals surface area contributed by atoms with E-state index in [0.29, 0.717) is 52.4 Å². The number of para-hydroxylation sites is 13. The minimum absolute atomic E-state index is 0.567. The van der Waals surface area contributed by atoms with E-state index in [0.717, 1.165) is 177 Å². The molecule has 0 bridgehead atoms. The zero-order valence-electron chi connectivity index (χ0n) is 70.7. The average molecular weight is 1690 g/mol. The van der Waals surface area contributed by atoms with Gasteiger partial charge in [-0.05, 0) is 121 Å². The summed E-state index contributed by atoms with van der Waals surface area (Å²) in [5.74, 6) is 5.37. The largest absolute Gasteiger partial charge is 0.455 e. The van der Waals surface area contributed by atoms with Crippen LogP contribution in [-0.4, -0.2) is 58.6 Å². The molecule has 0 saturated carbocycles. The molecule has 0 unspecified atom stereocenters. The molecule has 0 aliphatic carbocycles. The van der Waals surface area contributed by atoms with Crippen LogP contribution in [0.5, 0.6) is 0 Å². The predicted molar refractivity (Wildman–Crippen MR) is 533 cm³/mol. The third kappa shape index (κ3) is 13.3. The third-order valence-electron chi connectivity index (χ3n) is 24.8. The molecular weight excluding hydrogens is 1620 g/mol. The number of furan rings is 3. The van der Waals surface area contributed by atoms with Gasteiger partial charge in [-0.1, -0.05) is 315 Å². The average Bonchev–Trinajstić information content (AvgIpc) is 1.58. The molecule has 0 amide bonds. The summed E-state index contributed by atoms with van der Waals surface area (Å²) in [5.41, 5.74) is 22.9. The maximum Gasteiger partial charge on any atom is 0.167 e. The molecule has 18 aromatic carbocycles. The molecule has 15 heteroatoms. The summed E-state index contributed by atoms with van der Waals surface area (Å²) in [7, 11) is 0. The molecule has 9 heterocycles. The Hall–Kier alpha value is -18.2. The van der Waals surface area contributed by atoms with Crippen molar-refractivity contribution in [2.45, 2.75) is 0 Å². The molecule has 27 rings (SSSR count). The van der Waals surface area contributed by atoms with E-state index in [1.807, 2.05) is 200 Å². The second-order valence-electron chi connectivity index (χ2n) is 32.6. The Labute approximate surface area is 754 Å². The van der Waals surface area contributed by atoms with E-state index in [2.05, 4.69) is 250 Å². The predicted octanol–water partition coefficient (Wildman–Crippen LogP) is 29.6. The summed E-state index contributed by atoms with van der Waals surface area (Å²) in [6.07, 6.45) is 0. The number of hydrogen-bond donors (Lipinski definition) is 0. The van der Waals surface area contributed by atoms with E-state index < -0.39 is 0 Å². The Kier molecular flexibility index (Phi) is 18.5. The summed E-state index contributed by atoms with van der Waals surface area (Å²) in [5, 5.41) is 13.3. The van der Waals surface area contributed by atoms with E-state index in [1.165, 1.54) is 21.5 Å². The van der Waals surface area contributed by atoms with Crippen molar-refractivity contribution >= 4 is 131 Å². The molecule has 0 aliphatic rings. The Morgan fingerprint density at radius 2 is 0.417 bits per heavy atom. The lowest BCUT2D eigenvalue weighted by Crippen LogP contribution is -2.02. The normalized spacial score (nSPS) is 11.6. The fraction of sp³-hybridized carbons (Fsp3) is 0. The summed E-state index contributed by atoms with van der Waals surface area (Å²) in [4.78, 5) is 45.5. The number of hydrogen-bond acceptors (Lipinski definition) is 12. The molecule has 0 spiro atoms. The van der Waals surface area contributed by atoms with Gasteiger partial charge < -0.3 is 27.0 Å². The first kappa shape index (κ1) is 76.2. The van der Waals surface area contributed by atoms with Gasteiger partial charge in [-0.3, -0.25) is 0 Å². The van der Waals surface area contributed by atoms with Gasteiger partial charge in [-0.15, -0.1) is 0 Å². The molecule has 9 aromatic heterocycles. The topological polar surface area (TPSA) is 170 Å². The Bertz CT molecular complexity index is 9150. The molecule has 132 heavy (non-hydrogen) atoms. The van der Waals surface area contributed by atoms with Crippen molar-refractivity contribution in [2.24, 2.45) is 0 Å². The van der Waals surface area contributed by atoms with Gasteiger partial charge in [0.15, 0.2) is 52.4 Å². The van der Waals surface area contributed by atoms with Crippen LogP contribution in [-0.2, 0) is 0 Å². The summed E-state index contributed by atoms with van der Waals surface area (Å²) < 4.78 is 26.1. The fourth-order valence-electron chi connectivity index (χ4n) is 18.8. The quantitative estimate of drug-likeness (QED) is 0.114. The SMILES string of the molecule is c1ccc(-c2nc(-c3ccc4c(c3)c3ccccc3n4-c3ccccc3)nc(-c3cccc4c3oc3ccccc34)n2)cc1.c1ccc(-c2nc(-c3ccc4c5ccccc5n(-c5ccccc5)c4c3)nc(-c3cccc4c3oc3ccccc34)n2)cc1.c1ccc(-c2nc(-c3cccc4c3oc3ccccc34)nc(-c3cccc4c5ccccc5n(-c5ccccc5)c34)n2)cc1. The van der Waals surface area contributed by atoms with E-state index in [4.69, 9.17) is 58.1 Å². The maximum absolute atomic E-state index is 6.41. The monoisotopic (exact) mass is 1690 g/mol. The van der Waals surface area contributed by atoms with E-state index in [1.54, 1.807) is 0 Å². The Morgan fingerprint density at radius 3 is 0.841 bits per heavy atom. The molecule has 0 atom stereocenters. The van der Waals surface area contributed by atoms with Crippen LogP contribution in [0, 0.1) is 0 Å². The van der Waals surface area contributed by atoms with Gasteiger partial charge in [-0.2, -0.15) is 0 Å². The van der Waals surface area contributed by atoms with Gasteiger partial charge in [0.05, 0.1) is 49.8 Å². The number of nitrogens with zero attached hydrogens (tertiary/aromatic N) is 12. The summed E-state index contributed by atoms with van der Waals surface area (Å²) in [6, 6.07) is 149. The van der Waals surface area contributed by atoms with Crippen molar-refractivity contribution in [3.63, 3.8) is 0 Å². The molecule has 0 fully saturated rings. The highest BCUT2D eigenvalue weighted by atomic mass is 16.3. The molecule has 27 aromatic rings. The lowest BCUT2D eigenvalue weighted by Gasteiger charge is -2.12. The molecule has 15 nitrogen and oxygen atoms in total. The van der Waals surface area contributed by atoms with Crippen LogP contribution in [0.1, 0.15) is 0 Å². The number of fused-ring (bicyclic) bond motifs is 18. The zero-order valence-corrected chi connectivity index (χ0v) is 70.7. The van der Waals surface area contributed by atoms with Crippen molar-refractivity contribution in [1.82, 2.24) is 58.6 Å². The smallest absolute Gasteiger partial charge is 0.167 e. The zero-order chi connectivity index (χ0) is 87.1. The highest BCUT2D eigenvalue weighted by molar-refractivity contribution is 6.16. The van der Waals surface area contributed by atoms with Gasteiger partial charge >= 0.3 is 0 Å². The van der Waals surface area contributed by atoms with Crippen LogP contribution in [0.2, 0.25) is 0 Å². The molecule has 0 N–H and O–H groups in total. The Balaban J connectivity index is 0.000000106. The molecule has 0 aliphatic heterocycles. The van der Waals surface area contributed by atoms with Crippen LogP contribution in [0.25, 0.3) is 251 Å². The van der Waals surface area contributed by atoms with Gasteiger partial charge in [0, 0.05) is 115 Å². The van der Waals surface area contributed by atoms with Crippen molar-refractivity contribution in [3.05, 3.63) is 437 Å². The van der Waals surface area contributed by atoms with Gasteiger partial charge in [0.2, 0.25) is 0 Å². The van der Waals surface area contributed by atoms with Gasteiger partial charge in [0.1, 0.15) is 33.5 Å². The first-order chi connectivity index (χ1) is 65.5. The van der Waals surface area contributed by atoms with Crippen LogP contribution in [0.4, 0.5) is 0 Å². The third-order valence-corrected chi connectivity index (χ3v) is 24.8. The standard InChI is InChI=1S/3C39H24N4O/c1-3-13-25(14-4-1)37-40-38(42-39(41-37)32-22-12-20-30-28-18-8-10-24-34(28)44-36(30)32)31-21-11-19-29-27-17-7-9-23-33(27)43(35(29)31)26-15-5-2-6-16-26;1-3-12-25(13-4-1)37-40-38(42-39(41-37)32-19-11-18-31-30-17-8-10-21-35(30)44-36(31)32)26-22-23-29-28-16-7-9-20-33(28)43(34(29)24-26)27-14-5-2-6-15-27;1-3-12-25(13-4-1)37-40-38(42-39(41-37)31-19-11-18-30-29-17-8-10-21-35(29)44-36(30)31)26-22-23-34-32(24-26)28-16-7-9-20-33(28)43(34)27-14-5-2-6-15-27/h3*1-24H. The number of rotatable bonds is 12. The van der Waals surface area contributed by atoms with Crippen molar-refractivity contribution < 1.29 is 13.3 Å². The van der Waals surface area contributed by atoms with E-state index in [-0.39, 0.29) is 0 Å². The molecule has 0 radical (unpaired) electrons. The van der Waals surface area contributed by atoms with E-state index in [9.17, 15) is 0 Å². The van der Waals surface area contributed by atoms with Crippen molar-refractivity contribution in [2.75, 3.05) is 0 Å². The number of benzene rings is 18. The second-order valence-corrected chi connectivity index (χ2v) is 32.6. The fourth-order valence-corrected chi connectivity index (χ4v) is 18.8. The lowest BCUT2D eigenvalue weighted by molar-refractivity contribution is 0.669. The van der Waals surface area contributed by atoms with Gasteiger partial charge in [-0.25, -0.2) is 44.9 Å². The maximum atomic E-state index is 6.41. The van der Waals surface area contributed by atoms with Crippen LogP contribution < -0.4 is 0 Å². The summed E-state index contributed by atoms with van der Waals surface area (Å²) >= 11 is 0. The highest BCUT2D eigenvalue weighted by Gasteiger charge is 2.26. The van der Waals surface area contributed by atoms with Crippen LogP contribution >= 0.6 is 0 Å². The highest BCUT2D eigenvalue weighted by Crippen LogP contribution is 2.45. The molecule has 0 saturated heterocycles. The number of aromatic nitrogens is 12. The van der Waals surface area contributed by atoms with Crippen LogP contribution in [0.3, 0.4) is 0 Å². The molecule has 618 valence electrons. The minimum atomic E-state index is 0.567. The minimum Gasteiger partial charge on any atom is -0.455 e. The molecular formula is C117H72N12O3. The summed E-state index contributed by atoms with van der Waals surface area (Å²) in [6.45, 7) is 0.